The molecular weight excluding hydrogens is 296 g/mol. The van der Waals surface area contributed by atoms with Gasteiger partial charge in [-0.25, -0.2) is 0 Å². The van der Waals surface area contributed by atoms with Gasteiger partial charge in [-0.1, -0.05) is 6.07 Å². The Balaban J connectivity index is 2.06. The molecule has 118 valence electrons. The first-order valence-corrected chi connectivity index (χ1v) is 6.91. The van der Waals surface area contributed by atoms with Crippen molar-refractivity contribution in [1.82, 2.24) is 0 Å². The third kappa shape index (κ3) is 4.96. The molecule has 0 heterocycles. The van der Waals surface area contributed by atoms with Gasteiger partial charge in [0.25, 0.3) is 5.91 Å². The number of ether oxygens (including phenoxy) is 1. The SMILES string of the molecule is CC(=O)Nc1cccc(NC(=O)c2ccc(OC(C)=O)cc2)c1. The molecule has 2 aromatic carbocycles. The van der Waals surface area contributed by atoms with Crippen molar-refractivity contribution in [2.75, 3.05) is 10.6 Å². The molecule has 2 rings (SSSR count). The van der Waals surface area contributed by atoms with Crippen LogP contribution in [-0.2, 0) is 9.59 Å². The maximum atomic E-state index is 12.2. The van der Waals surface area contributed by atoms with Gasteiger partial charge >= 0.3 is 5.97 Å². The molecular formula is C17H16N2O4. The van der Waals surface area contributed by atoms with E-state index >= 15 is 0 Å². The van der Waals surface area contributed by atoms with E-state index in [2.05, 4.69) is 10.6 Å². The summed E-state index contributed by atoms with van der Waals surface area (Å²) in [5, 5.41) is 5.38. The molecule has 0 unspecified atom stereocenters. The highest BCUT2D eigenvalue weighted by Gasteiger charge is 2.07. The van der Waals surface area contributed by atoms with Crippen LogP contribution < -0.4 is 15.4 Å². The fourth-order valence-electron chi connectivity index (χ4n) is 1.92. The van der Waals surface area contributed by atoms with Crippen LogP contribution in [0.4, 0.5) is 11.4 Å². The molecule has 0 aliphatic heterocycles. The third-order valence-corrected chi connectivity index (χ3v) is 2.82. The number of carbonyl (C=O) groups is 3. The molecule has 2 aromatic rings. The van der Waals surface area contributed by atoms with Crippen molar-refractivity contribution in [3.05, 3.63) is 54.1 Å². The van der Waals surface area contributed by atoms with Gasteiger partial charge < -0.3 is 15.4 Å². The Bertz CT molecular complexity index is 739. The summed E-state index contributed by atoms with van der Waals surface area (Å²) in [5.74, 6) is -0.535. The number of hydrogen-bond acceptors (Lipinski definition) is 4. The number of rotatable bonds is 4. The first kappa shape index (κ1) is 16.2. The maximum Gasteiger partial charge on any atom is 0.308 e. The van der Waals surface area contributed by atoms with Gasteiger partial charge in [0.2, 0.25) is 5.91 Å². The minimum Gasteiger partial charge on any atom is -0.427 e. The summed E-state index contributed by atoms with van der Waals surface area (Å²) in [5.41, 5.74) is 1.58. The van der Waals surface area contributed by atoms with E-state index in [1.54, 1.807) is 48.5 Å². The average Bonchev–Trinajstić information content (AvgIpc) is 2.47. The monoisotopic (exact) mass is 312 g/mol. The highest BCUT2D eigenvalue weighted by atomic mass is 16.5. The number of anilines is 2. The molecule has 2 amide bonds. The normalized spacial score (nSPS) is 9.83. The number of hydrogen-bond donors (Lipinski definition) is 2. The van der Waals surface area contributed by atoms with Crippen LogP contribution in [-0.4, -0.2) is 17.8 Å². The lowest BCUT2D eigenvalue weighted by Gasteiger charge is -2.08. The zero-order valence-corrected chi connectivity index (χ0v) is 12.8. The van der Waals surface area contributed by atoms with Gasteiger partial charge in [0, 0.05) is 30.8 Å². The zero-order chi connectivity index (χ0) is 16.8. The van der Waals surface area contributed by atoms with Crippen LogP contribution >= 0.6 is 0 Å². The molecule has 6 nitrogen and oxygen atoms in total. The van der Waals surface area contributed by atoms with E-state index in [9.17, 15) is 14.4 Å². The van der Waals surface area contributed by atoms with Gasteiger partial charge in [-0.3, -0.25) is 14.4 Å². The van der Waals surface area contributed by atoms with Crippen LogP contribution in [0, 0.1) is 0 Å². The molecule has 0 spiro atoms. The maximum absolute atomic E-state index is 12.2. The molecule has 6 heteroatoms. The number of amides is 2. The van der Waals surface area contributed by atoms with Gasteiger partial charge in [-0.15, -0.1) is 0 Å². The smallest absolute Gasteiger partial charge is 0.308 e. The summed E-state index contributed by atoms with van der Waals surface area (Å²) in [4.78, 5) is 34.1. The lowest BCUT2D eigenvalue weighted by atomic mass is 10.2. The van der Waals surface area contributed by atoms with Crippen LogP contribution in [0.25, 0.3) is 0 Å². The first-order chi connectivity index (χ1) is 10.9. The quantitative estimate of drug-likeness (QED) is 0.671. The van der Waals surface area contributed by atoms with Gasteiger partial charge in [-0.05, 0) is 42.5 Å². The summed E-state index contributed by atoms with van der Waals surface area (Å²) < 4.78 is 4.91. The molecule has 0 saturated heterocycles. The molecule has 0 atom stereocenters. The van der Waals surface area contributed by atoms with Crippen LogP contribution in [0.2, 0.25) is 0 Å². The molecule has 0 bridgehead atoms. The summed E-state index contributed by atoms with van der Waals surface area (Å²) in [6.07, 6.45) is 0. The predicted octanol–water partition coefficient (Wildman–Crippen LogP) is 2.82. The average molecular weight is 312 g/mol. The second kappa shape index (κ2) is 7.22. The van der Waals surface area contributed by atoms with Gasteiger partial charge in [0.1, 0.15) is 5.75 Å². The summed E-state index contributed by atoms with van der Waals surface area (Å²) >= 11 is 0. The standard InChI is InChI=1S/C17H16N2O4/c1-11(20)18-14-4-3-5-15(10-14)19-17(22)13-6-8-16(9-7-13)23-12(2)21/h3-10H,1-2H3,(H,18,20)(H,19,22). The minimum absolute atomic E-state index is 0.186. The molecule has 0 radical (unpaired) electrons. The lowest BCUT2D eigenvalue weighted by Crippen LogP contribution is -2.12. The fraction of sp³-hybridized carbons (Fsp3) is 0.118. The Labute approximate surface area is 133 Å². The molecule has 0 fully saturated rings. The van der Waals surface area contributed by atoms with Crippen molar-refractivity contribution in [3.63, 3.8) is 0 Å². The Morgan fingerprint density at radius 1 is 0.870 bits per heavy atom. The molecule has 0 saturated carbocycles. The van der Waals surface area contributed by atoms with Crippen molar-refractivity contribution in [2.45, 2.75) is 13.8 Å². The van der Waals surface area contributed by atoms with Gasteiger partial charge in [0.05, 0.1) is 0 Å². The van der Waals surface area contributed by atoms with E-state index in [1.807, 2.05) is 0 Å². The summed E-state index contributed by atoms with van der Waals surface area (Å²) in [6, 6.07) is 13.0. The number of esters is 1. The van der Waals surface area contributed by atoms with Crippen molar-refractivity contribution in [2.24, 2.45) is 0 Å². The van der Waals surface area contributed by atoms with E-state index < -0.39 is 5.97 Å². The van der Waals surface area contributed by atoms with E-state index in [0.29, 0.717) is 22.7 Å². The molecule has 23 heavy (non-hydrogen) atoms. The van der Waals surface area contributed by atoms with Crippen LogP contribution in [0.15, 0.2) is 48.5 Å². The van der Waals surface area contributed by atoms with E-state index in [1.165, 1.54) is 13.8 Å². The second-order valence-electron chi connectivity index (χ2n) is 4.83. The summed E-state index contributed by atoms with van der Waals surface area (Å²) in [6.45, 7) is 2.72. The first-order valence-electron chi connectivity index (χ1n) is 6.91. The Morgan fingerprint density at radius 3 is 2.04 bits per heavy atom. The van der Waals surface area contributed by atoms with E-state index in [4.69, 9.17) is 4.74 Å². The second-order valence-corrected chi connectivity index (χ2v) is 4.83. The lowest BCUT2D eigenvalue weighted by molar-refractivity contribution is -0.131. The van der Waals surface area contributed by atoms with Crippen molar-refractivity contribution < 1.29 is 19.1 Å². The fourth-order valence-corrected chi connectivity index (χ4v) is 1.92. The third-order valence-electron chi connectivity index (χ3n) is 2.82. The highest BCUT2D eigenvalue weighted by Crippen LogP contribution is 2.17. The van der Waals surface area contributed by atoms with Crippen LogP contribution in [0.3, 0.4) is 0 Å². The van der Waals surface area contributed by atoms with Crippen LogP contribution in [0.5, 0.6) is 5.75 Å². The van der Waals surface area contributed by atoms with E-state index in [-0.39, 0.29) is 11.8 Å². The Kier molecular flexibility index (Phi) is 5.09. The van der Waals surface area contributed by atoms with Gasteiger partial charge in [-0.2, -0.15) is 0 Å². The molecule has 0 aliphatic rings. The van der Waals surface area contributed by atoms with Crippen molar-refractivity contribution >= 4 is 29.2 Å². The van der Waals surface area contributed by atoms with Crippen molar-refractivity contribution in [3.8, 4) is 5.75 Å². The zero-order valence-electron chi connectivity index (χ0n) is 12.8. The topological polar surface area (TPSA) is 84.5 Å². The van der Waals surface area contributed by atoms with E-state index in [0.717, 1.165) is 0 Å². The molecule has 0 aromatic heterocycles. The Morgan fingerprint density at radius 2 is 1.48 bits per heavy atom. The molecule has 0 aliphatic carbocycles. The minimum atomic E-state index is -0.419. The van der Waals surface area contributed by atoms with Crippen molar-refractivity contribution in [1.29, 1.82) is 0 Å². The number of benzene rings is 2. The number of carbonyl (C=O) groups excluding carboxylic acids is 3. The number of nitrogens with one attached hydrogen (secondary N) is 2. The Hall–Kier alpha value is -3.15. The molecule has 2 N–H and O–H groups in total. The summed E-state index contributed by atoms with van der Waals surface area (Å²) in [7, 11) is 0. The highest BCUT2D eigenvalue weighted by molar-refractivity contribution is 6.04. The van der Waals surface area contributed by atoms with Crippen LogP contribution in [0.1, 0.15) is 24.2 Å². The largest absolute Gasteiger partial charge is 0.427 e. The predicted molar refractivity (Wildman–Crippen MR) is 86.4 cm³/mol. The van der Waals surface area contributed by atoms with Gasteiger partial charge in [0.15, 0.2) is 0 Å².